The lowest BCUT2D eigenvalue weighted by molar-refractivity contribution is -0.140. The van der Waals surface area contributed by atoms with E-state index in [1.807, 2.05) is 36.4 Å². The van der Waals surface area contributed by atoms with Crippen molar-refractivity contribution in [3.05, 3.63) is 100 Å². The Balaban J connectivity index is 1.77. The Bertz CT molecular complexity index is 1310. The first-order valence-corrected chi connectivity index (χ1v) is 12.2. The third-order valence-electron chi connectivity index (χ3n) is 6.13. The number of ether oxygens (including phenoxy) is 3. The predicted octanol–water partition coefficient (Wildman–Crippen LogP) is 5.39. The van der Waals surface area contributed by atoms with Gasteiger partial charge in [0, 0.05) is 25.3 Å². The van der Waals surface area contributed by atoms with Crippen molar-refractivity contribution in [3.63, 3.8) is 0 Å². The molecule has 1 atom stereocenters. The SMILES string of the molecule is COCCCN1C(=O)C(=O)/C(=C(/O)c2cc(Cl)ccc2OC)C1c1cccc(OCc2ccccc2)c1. The summed E-state index contributed by atoms with van der Waals surface area (Å²) in [6.45, 7) is 1.04. The van der Waals surface area contributed by atoms with E-state index in [0.717, 1.165) is 5.56 Å². The molecular formula is C29H28ClNO6. The zero-order chi connectivity index (χ0) is 26.4. The molecule has 1 fully saturated rings. The van der Waals surface area contributed by atoms with E-state index in [4.69, 9.17) is 25.8 Å². The van der Waals surface area contributed by atoms with Crippen LogP contribution in [-0.4, -0.2) is 49.1 Å². The average molecular weight is 522 g/mol. The molecule has 3 aromatic carbocycles. The van der Waals surface area contributed by atoms with Crippen molar-refractivity contribution in [3.8, 4) is 11.5 Å². The Hall–Kier alpha value is -3.81. The first kappa shape index (κ1) is 26.3. The largest absolute Gasteiger partial charge is 0.507 e. The van der Waals surface area contributed by atoms with Crippen LogP contribution in [0.5, 0.6) is 11.5 Å². The maximum Gasteiger partial charge on any atom is 0.295 e. The highest BCUT2D eigenvalue weighted by molar-refractivity contribution is 6.46. The van der Waals surface area contributed by atoms with Gasteiger partial charge in [0.15, 0.2) is 0 Å². The fourth-order valence-corrected chi connectivity index (χ4v) is 4.53. The van der Waals surface area contributed by atoms with Crippen LogP contribution in [0.4, 0.5) is 0 Å². The van der Waals surface area contributed by atoms with Gasteiger partial charge in [-0.15, -0.1) is 0 Å². The monoisotopic (exact) mass is 521 g/mol. The van der Waals surface area contributed by atoms with Crippen LogP contribution in [0, 0.1) is 0 Å². The minimum atomic E-state index is -0.833. The number of aliphatic hydroxyl groups excluding tert-OH is 1. The van der Waals surface area contributed by atoms with Gasteiger partial charge in [-0.25, -0.2) is 0 Å². The summed E-state index contributed by atoms with van der Waals surface area (Å²) < 4.78 is 16.5. The van der Waals surface area contributed by atoms with Crippen LogP contribution >= 0.6 is 11.6 Å². The molecule has 1 amide bonds. The van der Waals surface area contributed by atoms with Crippen LogP contribution in [0.1, 0.15) is 29.2 Å². The number of nitrogens with zero attached hydrogens (tertiary/aromatic N) is 1. The Kier molecular flexibility index (Phi) is 8.48. The molecule has 7 nitrogen and oxygen atoms in total. The number of carbonyl (C=O) groups is 2. The number of rotatable bonds is 10. The minimum absolute atomic E-state index is 0.0387. The summed E-state index contributed by atoms with van der Waals surface area (Å²) in [6.07, 6.45) is 0.519. The third kappa shape index (κ3) is 5.79. The summed E-state index contributed by atoms with van der Waals surface area (Å²) >= 11 is 6.18. The molecule has 4 rings (SSSR count). The summed E-state index contributed by atoms with van der Waals surface area (Å²) in [4.78, 5) is 27.9. The van der Waals surface area contributed by atoms with Crippen LogP contribution in [0.15, 0.2) is 78.4 Å². The van der Waals surface area contributed by atoms with Crippen molar-refractivity contribution in [1.29, 1.82) is 0 Å². The van der Waals surface area contributed by atoms with Gasteiger partial charge in [0.05, 0.1) is 24.3 Å². The molecule has 8 heteroatoms. The molecule has 37 heavy (non-hydrogen) atoms. The molecule has 0 aliphatic carbocycles. The number of ketones is 1. The van der Waals surface area contributed by atoms with Gasteiger partial charge < -0.3 is 24.2 Å². The van der Waals surface area contributed by atoms with E-state index >= 15 is 0 Å². The molecule has 0 spiro atoms. The molecule has 0 aromatic heterocycles. The Morgan fingerprint density at radius 2 is 1.78 bits per heavy atom. The zero-order valence-electron chi connectivity index (χ0n) is 20.6. The molecule has 1 aliphatic heterocycles. The molecule has 3 aromatic rings. The van der Waals surface area contributed by atoms with Crippen LogP contribution in [0.3, 0.4) is 0 Å². The van der Waals surface area contributed by atoms with E-state index in [0.29, 0.717) is 41.7 Å². The van der Waals surface area contributed by atoms with Crippen LogP contribution < -0.4 is 9.47 Å². The maximum atomic E-state index is 13.3. The summed E-state index contributed by atoms with van der Waals surface area (Å²) in [7, 11) is 3.03. The molecule has 1 saturated heterocycles. The fourth-order valence-electron chi connectivity index (χ4n) is 4.36. The number of likely N-dealkylation sites (tertiary alicyclic amines) is 1. The lowest BCUT2D eigenvalue weighted by Crippen LogP contribution is -2.31. The van der Waals surface area contributed by atoms with Gasteiger partial charge in [0.1, 0.15) is 23.9 Å². The van der Waals surface area contributed by atoms with Crippen molar-refractivity contribution >= 4 is 29.1 Å². The lowest BCUT2D eigenvalue weighted by Gasteiger charge is -2.25. The van der Waals surface area contributed by atoms with E-state index in [-0.39, 0.29) is 23.4 Å². The van der Waals surface area contributed by atoms with Gasteiger partial charge >= 0.3 is 0 Å². The lowest BCUT2D eigenvalue weighted by atomic mass is 9.94. The summed E-state index contributed by atoms with van der Waals surface area (Å²) in [5.74, 6) is -0.931. The highest BCUT2D eigenvalue weighted by Crippen LogP contribution is 2.42. The molecule has 1 N–H and O–H groups in total. The van der Waals surface area contributed by atoms with Crippen molar-refractivity contribution < 1.29 is 28.9 Å². The Morgan fingerprint density at radius 3 is 2.51 bits per heavy atom. The maximum absolute atomic E-state index is 13.3. The number of aliphatic hydroxyl groups is 1. The topological polar surface area (TPSA) is 85.3 Å². The quantitative estimate of drug-likeness (QED) is 0.167. The van der Waals surface area contributed by atoms with E-state index in [2.05, 4.69) is 0 Å². The smallest absolute Gasteiger partial charge is 0.295 e. The number of carbonyl (C=O) groups excluding carboxylic acids is 2. The third-order valence-corrected chi connectivity index (χ3v) is 6.36. The van der Waals surface area contributed by atoms with Crippen molar-refractivity contribution in [2.75, 3.05) is 27.4 Å². The van der Waals surface area contributed by atoms with E-state index < -0.39 is 17.7 Å². The molecule has 1 heterocycles. The van der Waals surface area contributed by atoms with E-state index in [1.54, 1.807) is 37.4 Å². The first-order valence-electron chi connectivity index (χ1n) is 11.8. The fraction of sp³-hybridized carbons (Fsp3) is 0.241. The standard InChI is InChI=1S/C29H28ClNO6/c1-35-15-7-14-31-26(20-10-6-11-22(16-20)37-18-19-8-4-3-5-9-19)25(28(33)29(31)34)27(32)23-17-21(30)12-13-24(23)36-2/h3-6,8-13,16-17,26,32H,7,14-15,18H2,1-2H3/b27-25+. The number of hydrogen-bond donors (Lipinski definition) is 1. The molecular weight excluding hydrogens is 494 g/mol. The summed E-state index contributed by atoms with van der Waals surface area (Å²) in [6, 6.07) is 20.8. The minimum Gasteiger partial charge on any atom is -0.507 e. The number of methoxy groups -OCH3 is 2. The summed E-state index contributed by atoms with van der Waals surface area (Å²) in [5, 5.41) is 11.7. The van der Waals surface area contributed by atoms with E-state index in [9.17, 15) is 14.7 Å². The van der Waals surface area contributed by atoms with Gasteiger partial charge in [-0.2, -0.15) is 0 Å². The van der Waals surface area contributed by atoms with Gasteiger partial charge in [0.25, 0.3) is 11.7 Å². The number of amides is 1. The van der Waals surface area contributed by atoms with Gasteiger partial charge in [0.2, 0.25) is 0 Å². The number of benzene rings is 3. The molecule has 192 valence electrons. The molecule has 0 bridgehead atoms. The highest BCUT2D eigenvalue weighted by Gasteiger charge is 2.46. The van der Waals surface area contributed by atoms with Crippen molar-refractivity contribution in [1.82, 2.24) is 4.90 Å². The second-order valence-electron chi connectivity index (χ2n) is 8.53. The second-order valence-corrected chi connectivity index (χ2v) is 8.97. The van der Waals surface area contributed by atoms with Crippen molar-refractivity contribution in [2.24, 2.45) is 0 Å². The second kappa shape index (κ2) is 12.0. The molecule has 1 unspecified atom stereocenters. The normalized spacial score (nSPS) is 16.7. The molecule has 1 aliphatic rings. The van der Waals surface area contributed by atoms with E-state index in [1.165, 1.54) is 18.1 Å². The van der Waals surface area contributed by atoms with Gasteiger partial charge in [-0.3, -0.25) is 9.59 Å². The summed E-state index contributed by atoms with van der Waals surface area (Å²) in [5.41, 5.74) is 1.82. The van der Waals surface area contributed by atoms with Gasteiger partial charge in [-0.1, -0.05) is 54.1 Å². The molecule has 0 saturated carbocycles. The Morgan fingerprint density at radius 1 is 1.00 bits per heavy atom. The van der Waals surface area contributed by atoms with Crippen LogP contribution in [0.25, 0.3) is 5.76 Å². The Labute approximate surface area is 220 Å². The van der Waals surface area contributed by atoms with Crippen LogP contribution in [-0.2, 0) is 20.9 Å². The number of halogens is 1. The van der Waals surface area contributed by atoms with Crippen molar-refractivity contribution in [2.45, 2.75) is 19.1 Å². The first-order chi connectivity index (χ1) is 17.9. The average Bonchev–Trinajstić information content (AvgIpc) is 3.17. The van der Waals surface area contributed by atoms with Gasteiger partial charge in [-0.05, 0) is 47.9 Å². The number of hydrogen-bond acceptors (Lipinski definition) is 6. The van der Waals surface area contributed by atoms with Crippen LogP contribution in [0.2, 0.25) is 5.02 Å². The zero-order valence-corrected chi connectivity index (χ0v) is 21.4. The highest BCUT2D eigenvalue weighted by atomic mass is 35.5. The number of Topliss-reactive ketones (excluding diaryl/α,β-unsaturated/α-hetero) is 1. The molecule has 0 radical (unpaired) electrons. The predicted molar refractivity (Wildman–Crippen MR) is 141 cm³/mol.